The van der Waals surface area contributed by atoms with E-state index in [2.05, 4.69) is 5.10 Å². The van der Waals surface area contributed by atoms with Gasteiger partial charge in [0.1, 0.15) is 5.75 Å². The Morgan fingerprint density at radius 1 is 1.08 bits per heavy atom. The first kappa shape index (κ1) is 16.7. The van der Waals surface area contributed by atoms with Gasteiger partial charge >= 0.3 is 0 Å². The van der Waals surface area contributed by atoms with Crippen molar-refractivity contribution in [3.05, 3.63) is 83.2 Å². The molecule has 3 rings (SSSR count). The molecule has 0 N–H and O–H groups in total. The van der Waals surface area contributed by atoms with Crippen molar-refractivity contribution in [2.45, 2.75) is 13.8 Å². The lowest BCUT2D eigenvalue weighted by Crippen LogP contribution is -1.98. The fourth-order valence-electron chi connectivity index (χ4n) is 2.75. The lowest BCUT2D eigenvalue weighted by Gasteiger charge is -2.03. The Balaban J connectivity index is 1.89. The first-order chi connectivity index (χ1) is 12.1. The van der Waals surface area contributed by atoms with E-state index in [4.69, 9.17) is 4.74 Å². The standard InChI is InChI=1S/C21H20N2O2/c1-15-20(16(2)23(22-15)18-9-5-4-6-10-18)12-13-21(24)17-8-7-11-19(14-17)25-3/h4-14H,1-3H3/b13-12+. The van der Waals surface area contributed by atoms with Crippen molar-refractivity contribution in [1.82, 2.24) is 9.78 Å². The van der Waals surface area contributed by atoms with E-state index in [1.165, 1.54) is 0 Å². The second-order valence-electron chi connectivity index (χ2n) is 5.76. The van der Waals surface area contributed by atoms with Crippen LogP contribution in [0.15, 0.2) is 60.7 Å². The average Bonchev–Trinajstić information content (AvgIpc) is 2.94. The predicted octanol–water partition coefficient (Wildman–Crippen LogP) is 4.39. The van der Waals surface area contributed by atoms with Crippen LogP contribution in [0.1, 0.15) is 27.3 Å². The molecule has 4 nitrogen and oxygen atoms in total. The summed E-state index contributed by atoms with van der Waals surface area (Å²) in [6.07, 6.45) is 3.42. The number of carbonyl (C=O) groups is 1. The molecule has 0 fully saturated rings. The second-order valence-corrected chi connectivity index (χ2v) is 5.76. The summed E-state index contributed by atoms with van der Waals surface area (Å²) in [4.78, 5) is 12.4. The number of allylic oxidation sites excluding steroid dienone is 1. The minimum absolute atomic E-state index is 0.0647. The van der Waals surface area contributed by atoms with Gasteiger partial charge in [0.2, 0.25) is 0 Å². The number of ketones is 1. The highest BCUT2D eigenvalue weighted by atomic mass is 16.5. The molecular weight excluding hydrogens is 312 g/mol. The highest BCUT2D eigenvalue weighted by Gasteiger charge is 2.11. The molecule has 0 bridgehead atoms. The van der Waals surface area contributed by atoms with Gasteiger partial charge in [-0.2, -0.15) is 5.10 Å². The highest BCUT2D eigenvalue weighted by molar-refractivity contribution is 6.07. The van der Waals surface area contributed by atoms with E-state index < -0.39 is 0 Å². The maximum atomic E-state index is 12.4. The van der Waals surface area contributed by atoms with Gasteiger partial charge in [-0.15, -0.1) is 0 Å². The lowest BCUT2D eigenvalue weighted by atomic mass is 10.1. The van der Waals surface area contributed by atoms with E-state index >= 15 is 0 Å². The molecule has 0 atom stereocenters. The maximum Gasteiger partial charge on any atom is 0.185 e. The molecule has 1 heterocycles. The quantitative estimate of drug-likeness (QED) is 0.514. The van der Waals surface area contributed by atoms with Crippen molar-refractivity contribution in [2.75, 3.05) is 7.11 Å². The van der Waals surface area contributed by atoms with Crippen molar-refractivity contribution < 1.29 is 9.53 Å². The number of carbonyl (C=O) groups excluding carboxylic acids is 1. The lowest BCUT2D eigenvalue weighted by molar-refractivity contribution is 0.104. The number of benzene rings is 2. The van der Waals surface area contributed by atoms with Gasteiger partial charge in [-0.1, -0.05) is 30.3 Å². The molecule has 0 amide bonds. The molecule has 0 saturated carbocycles. The Bertz CT molecular complexity index is 924. The third-order valence-electron chi connectivity index (χ3n) is 4.10. The van der Waals surface area contributed by atoms with Crippen molar-refractivity contribution >= 4 is 11.9 Å². The number of para-hydroxylation sites is 1. The number of aromatic nitrogens is 2. The Morgan fingerprint density at radius 2 is 1.84 bits per heavy atom. The molecule has 0 aliphatic rings. The molecule has 1 aromatic heterocycles. The van der Waals surface area contributed by atoms with Gasteiger partial charge in [0.25, 0.3) is 0 Å². The number of nitrogens with zero attached hydrogens (tertiary/aromatic N) is 2. The van der Waals surface area contributed by atoms with E-state index in [1.54, 1.807) is 25.3 Å². The summed E-state index contributed by atoms with van der Waals surface area (Å²) in [5.74, 6) is 0.605. The number of aryl methyl sites for hydroxylation is 1. The number of ether oxygens (including phenoxy) is 1. The van der Waals surface area contributed by atoms with Gasteiger partial charge in [-0.3, -0.25) is 4.79 Å². The third-order valence-corrected chi connectivity index (χ3v) is 4.10. The van der Waals surface area contributed by atoms with E-state index in [-0.39, 0.29) is 5.78 Å². The van der Waals surface area contributed by atoms with Crippen LogP contribution in [-0.2, 0) is 0 Å². The van der Waals surface area contributed by atoms with Gasteiger partial charge in [0.05, 0.1) is 18.5 Å². The summed E-state index contributed by atoms with van der Waals surface area (Å²) >= 11 is 0. The molecule has 0 unspecified atom stereocenters. The molecule has 0 aliphatic carbocycles. The smallest absolute Gasteiger partial charge is 0.185 e. The molecule has 3 aromatic rings. The summed E-state index contributed by atoms with van der Waals surface area (Å²) in [5, 5.41) is 4.59. The zero-order chi connectivity index (χ0) is 17.8. The van der Waals surface area contributed by atoms with E-state index in [9.17, 15) is 4.79 Å². The van der Waals surface area contributed by atoms with Gasteiger partial charge in [-0.25, -0.2) is 4.68 Å². The molecule has 0 saturated heterocycles. The van der Waals surface area contributed by atoms with Crippen LogP contribution in [0.3, 0.4) is 0 Å². The van der Waals surface area contributed by atoms with Crippen LogP contribution in [0.2, 0.25) is 0 Å². The molecule has 2 aromatic carbocycles. The predicted molar refractivity (Wildman–Crippen MR) is 99.4 cm³/mol. The molecule has 0 radical (unpaired) electrons. The summed E-state index contributed by atoms with van der Waals surface area (Å²) in [6, 6.07) is 17.1. The Kier molecular flexibility index (Phi) is 4.80. The SMILES string of the molecule is COc1cccc(C(=O)/C=C/c2c(C)nn(-c3ccccc3)c2C)c1. The minimum atomic E-state index is -0.0647. The molecular formula is C21H20N2O2. The van der Waals surface area contributed by atoms with Crippen LogP contribution >= 0.6 is 0 Å². The van der Waals surface area contributed by atoms with E-state index in [1.807, 2.05) is 67.1 Å². The van der Waals surface area contributed by atoms with Crippen molar-refractivity contribution in [1.29, 1.82) is 0 Å². The zero-order valence-electron chi connectivity index (χ0n) is 14.6. The first-order valence-electron chi connectivity index (χ1n) is 8.08. The summed E-state index contributed by atoms with van der Waals surface area (Å²) in [6.45, 7) is 3.95. The Hall–Kier alpha value is -3.14. The van der Waals surface area contributed by atoms with Gasteiger partial charge in [0, 0.05) is 16.8 Å². The van der Waals surface area contributed by atoms with Crippen LogP contribution < -0.4 is 4.74 Å². The molecule has 0 aliphatic heterocycles. The highest BCUT2D eigenvalue weighted by Crippen LogP contribution is 2.20. The average molecular weight is 332 g/mol. The number of hydrogen-bond acceptors (Lipinski definition) is 3. The van der Waals surface area contributed by atoms with Crippen molar-refractivity contribution in [3.8, 4) is 11.4 Å². The number of rotatable bonds is 5. The first-order valence-corrected chi connectivity index (χ1v) is 8.08. The van der Waals surface area contributed by atoms with Gasteiger partial charge in [-0.05, 0) is 50.3 Å². The van der Waals surface area contributed by atoms with E-state index in [0.717, 1.165) is 22.6 Å². The maximum absolute atomic E-state index is 12.4. The van der Waals surface area contributed by atoms with Crippen molar-refractivity contribution in [3.63, 3.8) is 0 Å². The minimum Gasteiger partial charge on any atom is -0.497 e. The molecule has 25 heavy (non-hydrogen) atoms. The largest absolute Gasteiger partial charge is 0.497 e. The molecule has 4 heteroatoms. The third kappa shape index (κ3) is 3.53. The second kappa shape index (κ2) is 7.18. The summed E-state index contributed by atoms with van der Waals surface area (Å²) in [7, 11) is 1.59. The van der Waals surface area contributed by atoms with Gasteiger partial charge in [0.15, 0.2) is 5.78 Å². The topological polar surface area (TPSA) is 44.1 Å². The number of hydrogen-bond donors (Lipinski definition) is 0. The zero-order valence-corrected chi connectivity index (χ0v) is 14.6. The van der Waals surface area contributed by atoms with Crippen LogP contribution in [0.25, 0.3) is 11.8 Å². The normalized spacial score (nSPS) is 11.0. The summed E-state index contributed by atoms with van der Waals surface area (Å²) < 4.78 is 7.06. The fraction of sp³-hybridized carbons (Fsp3) is 0.143. The van der Waals surface area contributed by atoms with Crippen molar-refractivity contribution in [2.24, 2.45) is 0 Å². The van der Waals surface area contributed by atoms with Gasteiger partial charge < -0.3 is 4.74 Å². The number of methoxy groups -OCH3 is 1. The molecule has 0 spiro atoms. The van der Waals surface area contributed by atoms with E-state index in [0.29, 0.717) is 11.3 Å². The fourth-order valence-corrected chi connectivity index (χ4v) is 2.75. The Morgan fingerprint density at radius 3 is 2.56 bits per heavy atom. The monoisotopic (exact) mass is 332 g/mol. The Labute approximate surface area is 147 Å². The molecule has 126 valence electrons. The van der Waals surface area contributed by atoms with Crippen LogP contribution in [-0.4, -0.2) is 22.7 Å². The van der Waals surface area contributed by atoms with Crippen LogP contribution in [0.5, 0.6) is 5.75 Å². The summed E-state index contributed by atoms with van der Waals surface area (Å²) in [5.41, 5.74) is 4.44. The van der Waals surface area contributed by atoms with Crippen LogP contribution in [0, 0.1) is 13.8 Å². The van der Waals surface area contributed by atoms with Crippen LogP contribution in [0.4, 0.5) is 0 Å².